The third-order valence-corrected chi connectivity index (χ3v) is 2.34. The van der Waals surface area contributed by atoms with Crippen molar-refractivity contribution in [2.75, 3.05) is 4.84 Å². The van der Waals surface area contributed by atoms with E-state index in [9.17, 15) is 0 Å². The highest BCUT2D eigenvalue weighted by atomic mass is 79.9. The second-order valence-corrected chi connectivity index (χ2v) is 3.73. The monoisotopic (exact) mass is 272 g/mol. The number of hydrogen-bond acceptors (Lipinski definition) is 3. The van der Waals surface area contributed by atoms with Gasteiger partial charge < -0.3 is 0 Å². The second-order valence-electron chi connectivity index (χ2n) is 2.62. The number of nitrogens with zero attached hydrogens (tertiary/aromatic N) is 2. The summed E-state index contributed by atoms with van der Waals surface area (Å²) in [6.45, 7) is 0. The molecule has 0 amide bonds. The molecule has 0 fully saturated rings. The fourth-order valence-corrected chi connectivity index (χ4v) is 1.36. The lowest BCUT2D eigenvalue weighted by atomic mass is 10.3. The van der Waals surface area contributed by atoms with E-state index in [0.717, 1.165) is 15.9 Å². The predicted octanol–water partition coefficient (Wildman–Crippen LogP) is 2.80. The Balaban J connectivity index is 2.34. The first-order valence-electron chi connectivity index (χ1n) is 3.83. The molecule has 0 aliphatic carbocycles. The Morgan fingerprint density at radius 1 is 1.36 bits per heavy atom. The van der Waals surface area contributed by atoms with Gasteiger partial charge in [0.05, 0.1) is 5.69 Å². The Morgan fingerprint density at radius 3 is 2.79 bits per heavy atom. The van der Waals surface area contributed by atoms with Crippen LogP contribution in [0.25, 0.3) is 11.4 Å². The maximum Gasteiger partial charge on any atom is 0.136 e. The van der Waals surface area contributed by atoms with Crippen LogP contribution in [0.2, 0.25) is 0 Å². The summed E-state index contributed by atoms with van der Waals surface area (Å²) in [5, 5.41) is 6.76. The van der Waals surface area contributed by atoms with Crippen LogP contribution in [-0.2, 0) is 0 Å². The van der Waals surface area contributed by atoms with Crippen molar-refractivity contribution in [3.63, 3.8) is 0 Å². The molecule has 2 rings (SSSR count). The SMILES string of the molecule is ClNc1cc(-c2ccc(Br)cn2)n[nH]1. The molecule has 0 aromatic carbocycles. The molecule has 0 atom stereocenters. The second kappa shape index (κ2) is 3.98. The molecule has 6 heteroatoms. The molecular formula is C8H6BrClN4. The number of hydrogen-bond donors (Lipinski definition) is 2. The fourth-order valence-electron chi connectivity index (χ4n) is 1.03. The number of halogens is 2. The van der Waals surface area contributed by atoms with Crippen LogP contribution < -0.4 is 4.84 Å². The number of rotatable bonds is 2. The minimum atomic E-state index is 0.645. The maximum absolute atomic E-state index is 5.40. The Morgan fingerprint density at radius 2 is 2.21 bits per heavy atom. The molecule has 72 valence electrons. The van der Waals surface area contributed by atoms with Crippen LogP contribution in [0.15, 0.2) is 28.9 Å². The van der Waals surface area contributed by atoms with Gasteiger partial charge in [-0.2, -0.15) is 5.10 Å². The highest BCUT2D eigenvalue weighted by Crippen LogP contribution is 2.19. The van der Waals surface area contributed by atoms with Crippen LogP contribution in [0.4, 0.5) is 5.82 Å². The van der Waals surface area contributed by atoms with Crippen molar-refractivity contribution < 1.29 is 0 Å². The van der Waals surface area contributed by atoms with Gasteiger partial charge in [-0.15, -0.1) is 0 Å². The van der Waals surface area contributed by atoms with Crippen LogP contribution in [0.3, 0.4) is 0 Å². The third kappa shape index (κ3) is 1.88. The summed E-state index contributed by atoms with van der Waals surface area (Å²) in [6.07, 6.45) is 1.72. The van der Waals surface area contributed by atoms with Crippen LogP contribution in [0, 0.1) is 0 Å². The summed E-state index contributed by atoms with van der Waals surface area (Å²) in [7, 11) is 0. The Kier molecular flexibility index (Phi) is 2.69. The molecular weight excluding hydrogens is 267 g/mol. The number of aromatic nitrogens is 3. The number of H-pyrrole nitrogens is 1. The zero-order valence-electron chi connectivity index (χ0n) is 6.96. The molecule has 0 saturated carbocycles. The molecule has 4 nitrogen and oxygen atoms in total. The van der Waals surface area contributed by atoms with E-state index < -0.39 is 0 Å². The van der Waals surface area contributed by atoms with Gasteiger partial charge in [-0.25, -0.2) is 0 Å². The molecule has 0 bridgehead atoms. The van der Waals surface area contributed by atoms with Crippen molar-refractivity contribution in [2.45, 2.75) is 0 Å². The van der Waals surface area contributed by atoms with Gasteiger partial charge in [-0.05, 0) is 28.1 Å². The lowest BCUT2D eigenvalue weighted by Gasteiger charge is -1.93. The number of nitrogens with one attached hydrogen (secondary N) is 2. The molecule has 2 N–H and O–H groups in total. The molecule has 0 saturated heterocycles. The summed E-state index contributed by atoms with van der Waals surface area (Å²) in [4.78, 5) is 6.64. The van der Waals surface area contributed by atoms with Crippen molar-refractivity contribution >= 4 is 33.5 Å². The highest BCUT2D eigenvalue weighted by molar-refractivity contribution is 9.10. The number of pyridine rings is 1. The molecule has 2 heterocycles. The zero-order valence-corrected chi connectivity index (χ0v) is 9.30. The average Bonchev–Trinajstić information content (AvgIpc) is 2.67. The highest BCUT2D eigenvalue weighted by Gasteiger charge is 2.03. The fraction of sp³-hybridized carbons (Fsp3) is 0. The zero-order chi connectivity index (χ0) is 9.97. The van der Waals surface area contributed by atoms with E-state index >= 15 is 0 Å². The third-order valence-electron chi connectivity index (χ3n) is 1.67. The summed E-state index contributed by atoms with van der Waals surface area (Å²) in [6, 6.07) is 5.56. The van der Waals surface area contributed by atoms with E-state index in [0.29, 0.717) is 5.82 Å². The smallest absolute Gasteiger partial charge is 0.136 e. The Bertz CT molecular complexity index is 425. The van der Waals surface area contributed by atoms with Crippen molar-refractivity contribution in [1.29, 1.82) is 0 Å². The van der Waals surface area contributed by atoms with E-state index in [-0.39, 0.29) is 0 Å². The molecule has 2 aromatic heterocycles. The van der Waals surface area contributed by atoms with E-state index in [2.05, 4.69) is 35.9 Å². The normalized spacial score (nSPS) is 10.1. The summed E-state index contributed by atoms with van der Waals surface area (Å²) in [5.41, 5.74) is 1.54. The number of anilines is 1. The van der Waals surface area contributed by atoms with Crippen LogP contribution in [0.1, 0.15) is 0 Å². The van der Waals surface area contributed by atoms with Gasteiger partial charge in [-0.3, -0.25) is 14.9 Å². The van der Waals surface area contributed by atoms with Gasteiger partial charge in [0, 0.05) is 28.5 Å². The van der Waals surface area contributed by atoms with Gasteiger partial charge in [0.25, 0.3) is 0 Å². The lowest BCUT2D eigenvalue weighted by molar-refractivity contribution is 1.09. The van der Waals surface area contributed by atoms with Gasteiger partial charge in [0.15, 0.2) is 0 Å². The predicted molar refractivity (Wildman–Crippen MR) is 59.0 cm³/mol. The van der Waals surface area contributed by atoms with Gasteiger partial charge in [-0.1, -0.05) is 0 Å². The Hall–Kier alpha value is -1.07. The molecule has 14 heavy (non-hydrogen) atoms. The summed E-state index contributed by atoms with van der Waals surface area (Å²) in [5.74, 6) is 0.645. The number of aromatic amines is 1. The van der Waals surface area contributed by atoms with E-state index in [1.165, 1.54) is 0 Å². The van der Waals surface area contributed by atoms with Gasteiger partial charge >= 0.3 is 0 Å². The van der Waals surface area contributed by atoms with Crippen molar-refractivity contribution in [1.82, 2.24) is 15.2 Å². The molecule has 0 aliphatic rings. The molecule has 0 radical (unpaired) electrons. The van der Waals surface area contributed by atoms with E-state index in [1.807, 2.05) is 12.1 Å². The largest absolute Gasteiger partial charge is 0.283 e. The van der Waals surface area contributed by atoms with Crippen LogP contribution >= 0.6 is 27.7 Å². The quantitative estimate of drug-likeness (QED) is 0.827. The van der Waals surface area contributed by atoms with Crippen LogP contribution in [0.5, 0.6) is 0 Å². The summed E-state index contributed by atoms with van der Waals surface area (Å²) >= 11 is 8.72. The first-order chi connectivity index (χ1) is 6.79. The topological polar surface area (TPSA) is 53.6 Å². The first-order valence-corrected chi connectivity index (χ1v) is 5.00. The minimum absolute atomic E-state index is 0.645. The van der Waals surface area contributed by atoms with E-state index in [4.69, 9.17) is 11.8 Å². The van der Waals surface area contributed by atoms with Crippen molar-refractivity contribution in [3.05, 3.63) is 28.9 Å². The Labute approximate surface area is 93.9 Å². The van der Waals surface area contributed by atoms with Crippen LogP contribution in [-0.4, -0.2) is 15.2 Å². The van der Waals surface area contributed by atoms with Gasteiger partial charge in [0.1, 0.15) is 11.5 Å². The molecule has 2 aromatic rings. The average molecular weight is 274 g/mol. The molecule has 0 aliphatic heterocycles. The van der Waals surface area contributed by atoms with E-state index in [1.54, 1.807) is 12.3 Å². The molecule has 0 spiro atoms. The molecule has 0 unspecified atom stereocenters. The lowest BCUT2D eigenvalue weighted by Crippen LogP contribution is -1.82. The van der Waals surface area contributed by atoms with Gasteiger partial charge in [0.2, 0.25) is 0 Å². The first kappa shape index (κ1) is 9.48. The maximum atomic E-state index is 5.40. The minimum Gasteiger partial charge on any atom is -0.283 e. The van der Waals surface area contributed by atoms with Crippen molar-refractivity contribution in [2.24, 2.45) is 0 Å². The van der Waals surface area contributed by atoms with Crippen molar-refractivity contribution in [3.8, 4) is 11.4 Å². The standard InChI is InChI=1S/C8H6BrClN4/c9-5-1-2-6(11-4-5)7-3-8(12-10)14-13-7/h1-4H,(H2,12,13,14). The summed E-state index contributed by atoms with van der Waals surface area (Å²) < 4.78 is 0.937.